The highest BCUT2D eigenvalue weighted by molar-refractivity contribution is 9.10. The van der Waals surface area contributed by atoms with E-state index in [1.165, 1.54) is 0 Å². The predicted octanol–water partition coefficient (Wildman–Crippen LogP) is 3.96. The molecule has 94 valence electrons. The summed E-state index contributed by atoms with van der Waals surface area (Å²) >= 11 is 2.87. The van der Waals surface area contributed by atoms with Gasteiger partial charge in [0.2, 0.25) is 5.91 Å². The topological polar surface area (TPSA) is 29.1 Å². The van der Waals surface area contributed by atoms with Crippen LogP contribution in [-0.4, -0.2) is 5.91 Å². The van der Waals surface area contributed by atoms with Crippen molar-refractivity contribution in [2.75, 3.05) is 5.32 Å². The largest absolute Gasteiger partial charge is 0.323 e. The molecule has 5 heteroatoms. The first kappa shape index (κ1) is 14.1. The molecular weight excluding hydrogens is 292 g/mol. The highest BCUT2D eigenvalue weighted by Gasteiger charge is 2.18. The Kier molecular flexibility index (Phi) is 4.62. The van der Waals surface area contributed by atoms with Crippen LogP contribution in [0.25, 0.3) is 0 Å². The molecule has 0 aromatic heterocycles. The molecule has 0 bridgehead atoms. The van der Waals surface area contributed by atoms with Gasteiger partial charge >= 0.3 is 0 Å². The van der Waals surface area contributed by atoms with Crippen molar-refractivity contribution in [3.63, 3.8) is 0 Å². The van der Waals surface area contributed by atoms with Gasteiger partial charge < -0.3 is 5.32 Å². The summed E-state index contributed by atoms with van der Waals surface area (Å²) in [4.78, 5) is 11.7. The molecule has 1 N–H and O–H groups in total. The zero-order valence-corrected chi connectivity index (χ0v) is 11.4. The number of hydrogen-bond donors (Lipinski definition) is 1. The Hall–Kier alpha value is -0.970. The van der Waals surface area contributed by atoms with Gasteiger partial charge in [0, 0.05) is 12.0 Å². The Morgan fingerprint density at radius 3 is 2.35 bits per heavy atom. The molecule has 1 aromatic rings. The first-order chi connectivity index (χ1) is 7.82. The average molecular weight is 306 g/mol. The van der Waals surface area contributed by atoms with Gasteiger partial charge in [-0.05, 0) is 27.9 Å². The smallest absolute Gasteiger partial charge is 0.227 e. The van der Waals surface area contributed by atoms with Crippen molar-refractivity contribution in [1.82, 2.24) is 0 Å². The Balaban J connectivity index is 2.89. The van der Waals surface area contributed by atoms with Crippen LogP contribution < -0.4 is 5.32 Å². The fourth-order valence-electron chi connectivity index (χ4n) is 1.17. The lowest BCUT2D eigenvalue weighted by molar-refractivity contribution is -0.120. The summed E-state index contributed by atoms with van der Waals surface area (Å²) in [5, 5.41) is 2.38. The van der Waals surface area contributed by atoms with Crippen LogP contribution in [-0.2, 0) is 4.79 Å². The molecule has 17 heavy (non-hydrogen) atoms. The maximum absolute atomic E-state index is 13.4. The second-order valence-corrected chi connectivity index (χ2v) is 5.12. The Labute approximate surface area is 108 Å². The van der Waals surface area contributed by atoms with Crippen LogP contribution >= 0.6 is 15.9 Å². The van der Waals surface area contributed by atoms with Gasteiger partial charge in [0.25, 0.3) is 0 Å². The summed E-state index contributed by atoms with van der Waals surface area (Å²) in [5.74, 6) is -1.72. The molecule has 1 atom stereocenters. The van der Waals surface area contributed by atoms with E-state index in [9.17, 15) is 13.6 Å². The minimum atomic E-state index is -0.664. The van der Waals surface area contributed by atoms with Gasteiger partial charge in [-0.3, -0.25) is 4.79 Å². The van der Waals surface area contributed by atoms with E-state index in [4.69, 9.17) is 0 Å². The molecule has 0 heterocycles. The number of carbonyl (C=O) groups is 1. The van der Waals surface area contributed by atoms with Gasteiger partial charge in [0.15, 0.2) is 0 Å². The molecular formula is C12H14BrF2NO. The highest BCUT2D eigenvalue weighted by Crippen LogP contribution is 2.24. The van der Waals surface area contributed by atoms with Crippen molar-refractivity contribution in [2.45, 2.75) is 20.8 Å². The van der Waals surface area contributed by atoms with Crippen molar-refractivity contribution in [3.8, 4) is 0 Å². The van der Waals surface area contributed by atoms with Crippen LogP contribution in [0.5, 0.6) is 0 Å². The fourth-order valence-corrected chi connectivity index (χ4v) is 1.48. The number of nitrogens with one attached hydrogen (secondary N) is 1. The first-order valence-corrected chi connectivity index (χ1v) is 6.07. The quantitative estimate of drug-likeness (QED) is 0.842. The monoisotopic (exact) mass is 305 g/mol. The van der Waals surface area contributed by atoms with Crippen LogP contribution in [0.15, 0.2) is 16.6 Å². The number of rotatable bonds is 3. The number of halogens is 3. The van der Waals surface area contributed by atoms with Crippen molar-refractivity contribution >= 4 is 27.5 Å². The molecule has 1 aromatic carbocycles. The molecule has 0 saturated carbocycles. The van der Waals surface area contributed by atoms with Crippen molar-refractivity contribution < 1.29 is 13.6 Å². The number of hydrogen-bond acceptors (Lipinski definition) is 1. The summed E-state index contributed by atoms with van der Waals surface area (Å²) in [6.45, 7) is 5.53. The maximum Gasteiger partial charge on any atom is 0.227 e. The molecule has 0 fully saturated rings. The number of amides is 1. The van der Waals surface area contributed by atoms with Gasteiger partial charge in [0.05, 0.1) is 10.2 Å². The molecule has 1 amide bonds. The van der Waals surface area contributed by atoms with E-state index in [-0.39, 0.29) is 27.9 Å². The molecule has 0 aliphatic rings. The molecule has 0 aliphatic carbocycles. The highest BCUT2D eigenvalue weighted by atomic mass is 79.9. The second-order valence-electron chi connectivity index (χ2n) is 4.27. The van der Waals surface area contributed by atoms with E-state index in [0.29, 0.717) is 0 Å². The molecule has 0 radical (unpaired) electrons. The van der Waals surface area contributed by atoms with E-state index >= 15 is 0 Å². The zero-order chi connectivity index (χ0) is 13.2. The lowest BCUT2D eigenvalue weighted by Gasteiger charge is -2.15. The van der Waals surface area contributed by atoms with Gasteiger partial charge in [-0.15, -0.1) is 0 Å². The van der Waals surface area contributed by atoms with Gasteiger partial charge in [-0.2, -0.15) is 0 Å². The van der Waals surface area contributed by atoms with Crippen molar-refractivity contribution in [2.24, 2.45) is 11.8 Å². The molecule has 0 saturated heterocycles. The summed E-state index contributed by atoms with van der Waals surface area (Å²) in [6.07, 6.45) is 0. The van der Waals surface area contributed by atoms with E-state index in [1.54, 1.807) is 6.92 Å². The van der Waals surface area contributed by atoms with Crippen LogP contribution in [0, 0.1) is 23.5 Å². The van der Waals surface area contributed by atoms with Crippen LogP contribution in [0.2, 0.25) is 0 Å². The Morgan fingerprint density at radius 1 is 1.24 bits per heavy atom. The van der Waals surface area contributed by atoms with E-state index in [1.807, 2.05) is 13.8 Å². The number of carbonyl (C=O) groups excluding carboxylic acids is 1. The lowest BCUT2D eigenvalue weighted by Crippen LogP contribution is -2.24. The third kappa shape index (κ3) is 3.49. The molecule has 2 nitrogen and oxygen atoms in total. The van der Waals surface area contributed by atoms with E-state index < -0.39 is 11.6 Å². The predicted molar refractivity (Wildman–Crippen MR) is 66.7 cm³/mol. The standard InChI is InChI=1S/C12H14BrF2NO/c1-6(2)7(3)12(17)16-11-5-9(14)8(13)4-10(11)15/h4-7H,1-3H3,(H,16,17). The average Bonchev–Trinajstić information content (AvgIpc) is 2.24. The molecule has 0 spiro atoms. The summed E-state index contributed by atoms with van der Waals surface area (Å²) in [5.41, 5.74) is -0.136. The van der Waals surface area contributed by atoms with Crippen LogP contribution in [0.3, 0.4) is 0 Å². The Morgan fingerprint density at radius 2 is 1.82 bits per heavy atom. The summed E-state index contributed by atoms with van der Waals surface area (Å²) < 4.78 is 26.7. The van der Waals surface area contributed by atoms with Crippen molar-refractivity contribution in [1.29, 1.82) is 0 Å². The molecule has 1 rings (SSSR count). The van der Waals surface area contributed by atoms with E-state index in [2.05, 4.69) is 21.2 Å². The van der Waals surface area contributed by atoms with Crippen LogP contribution in [0.4, 0.5) is 14.5 Å². The SMILES string of the molecule is CC(C)C(C)C(=O)Nc1cc(F)c(Br)cc1F. The lowest BCUT2D eigenvalue weighted by atomic mass is 9.97. The first-order valence-electron chi connectivity index (χ1n) is 5.28. The van der Waals surface area contributed by atoms with Gasteiger partial charge in [-0.1, -0.05) is 20.8 Å². The summed E-state index contributed by atoms with van der Waals surface area (Å²) in [7, 11) is 0. The second kappa shape index (κ2) is 5.58. The van der Waals surface area contributed by atoms with Gasteiger partial charge in [-0.25, -0.2) is 8.78 Å². The maximum atomic E-state index is 13.4. The fraction of sp³-hybridized carbons (Fsp3) is 0.417. The summed E-state index contributed by atoms with van der Waals surface area (Å²) in [6, 6.07) is 1.95. The van der Waals surface area contributed by atoms with Crippen LogP contribution in [0.1, 0.15) is 20.8 Å². The third-order valence-corrected chi connectivity index (χ3v) is 3.29. The number of anilines is 1. The molecule has 0 aliphatic heterocycles. The normalized spacial score (nSPS) is 12.6. The third-order valence-electron chi connectivity index (χ3n) is 2.68. The minimum absolute atomic E-state index is 0.0323. The molecule has 1 unspecified atom stereocenters. The number of benzene rings is 1. The van der Waals surface area contributed by atoms with Crippen molar-refractivity contribution in [3.05, 3.63) is 28.2 Å². The van der Waals surface area contributed by atoms with E-state index in [0.717, 1.165) is 12.1 Å². The minimum Gasteiger partial charge on any atom is -0.323 e. The zero-order valence-electron chi connectivity index (χ0n) is 9.85. The van der Waals surface area contributed by atoms with Gasteiger partial charge in [0.1, 0.15) is 11.6 Å². The Bertz CT molecular complexity index is 435.